The van der Waals surface area contributed by atoms with Crippen molar-refractivity contribution in [3.8, 4) is 0 Å². The molecule has 1 rings (SSSR count). The van der Waals surface area contributed by atoms with Crippen LogP contribution in [0.2, 0.25) is 10.0 Å². The van der Waals surface area contributed by atoms with Crippen LogP contribution >= 0.6 is 23.2 Å². The van der Waals surface area contributed by atoms with Crippen LogP contribution in [-0.2, 0) is 4.79 Å². The van der Waals surface area contributed by atoms with Crippen LogP contribution in [0.25, 0.3) is 0 Å². The molecule has 0 aliphatic carbocycles. The van der Waals surface area contributed by atoms with Gasteiger partial charge in [0.25, 0.3) is 0 Å². The van der Waals surface area contributed by atoms with Gasteiger partial charge in [-0.15, -0.1) is 0 Å². The molecule has 1 unspecified atom stereocenters. The molecular formula is C14H18Cl2N2O3. The Bertz CT molecular complexity index is 547. The van der Waals surface area contributed by atoms with E-state index in [2.05, 4.69) is 5.32 Å². The number of hydrogen-bond donors (Lipinski definition) is 3. The molecule has 116 valence electrons. The van der Waals surface area contributed by atoms with E-state index in [-0.39, 0.29) is 33.7 Å². The fraction of sp³-hybridized carbons (Fsp3) is 0.429. The lowest BCUT2D eigenvalue weighted by molar-refractivity contribution is -0.120. The van der Waals surface area contributed by atoms with Crippen molar-refractivity contribution in [2.24, 2.45) is 17.6 Å². The molecule has 7 heteroatoms. The number of amides is 1. The van der Waals surface area contributed by atoms with E-state index in [1.165, 1.54) is 12.1 Å². The number of carbonyl (C=O) groups excluding carboxylic acids is 1. The van der Waals surface area contributed by atoms with Gasteiger partial charge in [0, 0.05) is 11.6 Å². The quantitative estimate of drug-likeness (QED) is 0.745. The Labute approximate surface area is 133 Å². The van der Waals surface area contributed by atoms with Crippen molar-refractivity contribution in [2.75, 3.05) is 11.9 Å². The molecule has 0 radical (unpaired) electrons. The van der Waals surface area contributed by atoms with Gasteiger partial charge < -0.3 is 16.2 Å². The molecule has 0 saturated carbocycles. The first-order chi connectivity index (χ1) is 9.76. The number of nitrogens with one attached hydrogen (secondary N) is 1. The second-order valence-electron chi connectivity index (χ2n) is 5.17. The van der Waals surface area contributed by atoms with Crippen LogP contribution in [0.3, 0.4) is 0 Å². The molecule has 0 saturated heterocycles. The normalized spacial score (nSPS) is 12.3. The van der Waals surface area contributed by atoms with Gasteiger partial charge >= 0.3 is 5.97 Å². The van der Waals surface area contributed by atoms with Crippen molar-refractivity contribution in [3.63, 3.8) is 0 Å². The van der Waals surface area contributed by atoms with Crippen LogP contribution in [0.1, 0.15) is 30.6 Å². The van der Waals surface area contributed by atoms with E-state index in [0.717, 1.165) is 0 Å². The van der Waals surface area contributed by atoms with Gasteiger partial charge in [-0.25, -0.2) is 4.79 Å². The Hall–Kier alpha value is -1.30. The summed E-state index contributed by atoms with van der Waals surface area (Å²) in [7, 11) is 0. The van der Waals surface area contributed by atoms with Crippen LogP contribution in [0, 0.1) is 11.8 Å². The average Bonchev–Trinajstić information content (AvgIpc) is 2.37. The molecule has 4 N–H and O–H groups in total. The third-order valence-electron chi connectivity index (χ3n) is 2.94. The van der Waals surface area contributed by atoms with Crippen LogP contribution in [-0.4, -0.2) is 23.5 Å². The van der Waals surface area contributed by atoms with Gasteiger partial charge in [-0.3, -0.25) is 4.79 Å². The van der Waals surface area contributed by atoms with E-state index in [1.54, 1.807) is 0 Å². The summed E-state index contributed by atoms with van der Waals surface area (Å²) in [6.07, 6.45) is 0.607. The molecule has 0 spiro atoms. The number of nitrogens with two attached hydrogens (primary N) is 1. The highest BCUT2D eigenvalue weighted by Crippen LogP contribution is 2.31. The molecule has 0 aromatic heterocycles. The first-order valence-corrected chi connectivity index (χ1v) is 7.25. The smallest absolute Gasteiger partial charge is 0.337 e. The topological polar surface area (TPSA) is 92.4 Å². The SMILES string of the molecule is CC(C)CC(CN)C(=O)Nc1c(Cl)cc(Cl)cc1C(=O)O. The number of aromatic carboxylic acids is 1. The standard InChI is InChI=1S/C14H18Cl2N2O3/c1-7(2)3-8(6-17)13(19)18-12-10(14(20)21)4-9(15)5-11(12)16/h4-5,7-8H,3,6,17H2,1-2H3,(H,18,19)(H,20,21). The lowest BCUT2D eigenvalue weighted by Gasteiger charge is -2.18. The molecular weight excluding hydrogens is 315 g/mol. The zero-order chi connectivity index (χ0) is 16.2. The van der Waals surface area contributed by atoms with Crippen LogP contribution in [0.15, 0.2) is 12.1 Å². The summed E-state index contributed by atoms with van der Waals surface area (Å²) >= 11 is 11.8. The van der Waals surface area contributed by atoms with Crippen LogP contribution in [0.5, 0.6) is 0 Å². The maximum absolute atomic E-state index is 12.2. The Balaban J connectivity index is 3.06. The van der Waals surface area contributed by atoms with E-state index in [4.69, 9.17) is 28.9 Å². The molecule has 0 bridgehead atoms. The summed E-state index contributed by atoms with van der Waals surface area (Å²) in [4.78, 5) is 23.4. The Kier molecular flexibility index (Phi) is 6.45. The molecule has 5 nitrogen and oxygen atoms in total. The molecule has 1 amide bonds. The first kappa shape index (κ1) is 17.8. The molecule has 0 heterocycles. The molecule has 0 fully saturated rings. The van der Waals surface area contributed by atoms with Crippen molar-refractivity contribution in [2.45, 2.75) is 20.3 Å². The number of benzene rings is 1. The van der Waals surface area contributed by atoms with E-state index in [0.29, 0.717) is 12.3 Å². The summed E-state index contributed by atoms with van der Waals surface area (Å²) in [5.41, 5.74) is 5.50. The van der Waals surface area contributed by atoms with E-state index < -0.39 is 11.9 Å². The van der Waals surface area contributed by atoms with E-state index in [9.17, 15) is 14.7 Å². The molecule has 21 heavy (non-hydrogen) atoms. The summed E-state index contributed by atoms with van der Waals surface area (Å²) in [6, 6.07) is 2.62. The van der Waals surface area contributed by atoms with Gasteiger partial charge in [0.1, 0.15) is 0 Å². The number of hydrogen-bond acceptors (Lipinski definition) is 3. The predicted octanol–water partition coefficient (Wildman–Crippen LogP) is 3.25. The minimum atomic E-state index is -1.22. The molecule has 1 atom stereocenters. The molecule has 0 aliphatic rings. The lowest BCUT2D eigenvalue weighted by Crippen LogP contribution is -2.31. The highest BCUT2D eigenvalue weighted by Gasteiger charge is 2.22. The number of halogens is 2. The van der Waals surface area contributed by atoms with E-state index in [1.807, 2.05) is 13.8 Å². The fourth-order valence-corrected chi connectivity index (χ4v) is 2.51. The largest absolute Gasteiger partial charge is 0.478 e. The zero-order valence-corrected chi connectivity index (χ0v) is 13.3. The lowest BCUT2D eigenvalue weighted by atomic mass is 9.96. The maximum Gasteiger partial charge on any atom is 0.337 e. The second-order valence-corrected chi connectivity index (χ2v) is 6.01. The van der Waals surface area contributed by atoms with Crippen LogP contribution in [0.4, 0.5) is 5.69 Å². The third-order valence-corrected chi connectivity index (χ3v) is 3.46. The average molecular weight is 333 g/mol. The van der Waals surface area contributed by atoms with Gasteiger partial charge in [-0.05, 0) is 24.5 Å². The zero-order valence-electron chi connectivity index (χ0n) is 11.8. The molecule has 1 aromatic rings. The van der Waals surface area contributed by atoms with Crippen molar-refractivity contribution < 1.29 is 14.7 Å². The van der Waals surface area contributed by atoms with Gasteiger partial charge in [0.2, 0.25) is 5.91 Å². The van der Waals surface area contributed by atoms with E-state index >= 15 is 0 Å². The van der Waals surface area contributed by atoms with Gasteiger partial charge in [-0.1, -0.05) is 37.0 Å². The van der Waals surface area contributed by atoms with Crippen molar-refractivity contribution in [1.82, 2.24) is 0 Å². The Morgan fingerprint density at radius 3 is 2.43 bits per heavy atom. The van der Waals surface area contributed by atoms with Gasteiger partial charge in [0.15, 0.2) is 0 Å². The minimum absolute atomic E-state index is 0.0424. The highest BCUT2D eigenvalue weighted by molar-refractivity contribution is 6.37. The summed E-state index contributed by atoms with van der Waals surface area (Å²) < 4.78 is 0. The number of anilines is 1. The van der Waals surface area contributed by atoms with Gasteiger partial charge in [0.05, 0.1) is 22.2 Å². The third kappa shape index (κ3) is 4.88. The highest BCUT2D eigenvalue weighted by atomic mass is 35.5. The Morgan fingerprint density at radius 2 is 1.95 bits per heavy atom. The summed E-state index contributed by atoms with van der Waals surface area (Å²) in [5.74, 6) is -1.68. The Morgan fingerprint density at radius 1 is 1.33 bits per heavy atom. The second kappa shape index (κ2) is 7.64. The van der Waals surface area contributed by atoms with Crippen molar-refractivity contribution in [3.05, 3.63) is 27.7 Å². The fourth-order valence-electron chi connectivity index (χ4n) is 1.97. The van der Waals surface area contributed by atoms with Crippen molar-refractivity contribution in [1.29, 1.82) is 0 Å². The minimum Gasteiger partial charge on any atom is -0.478 e. The van der Waals surface area contributed by atoms with Crippen LogP contribution < -0.4 is 11.1 Å². The summed E-state index contributed by atoms with van der Waals surface area (Å²) in [6.45, 7) is 4.14. The molecule has 1 aromatic carbocycles. The number of carboxylic acids is 1. The maximum atomic E-state index is 12.2. The number of rotatable bonds is 6. The van der Waals surface area contributed by atoms with Gasteiger partial charge in [-0.2, -0.15) is 0 Å². The summed E-state index contributed by atoms with van der Waals surface area (Å²) in [5, 5.41) is 12.0. The van der Waals surface area contributed by atoms with Crippen molar-refractivity contribution >= 4 is 40.8 Å². The monoisotopic (exact) mass is 332 g/mol. The first-order valence-electron chi connectivity index (χ1n) is 6.49. The predicted molar refractivity (Wildman–Crippen MR) is 84.1 cm³/mol. The number of carboxylic acid groups (broad SMARTS) is 1. The number of carbonyl (C=O) groups is 2. The molecule has 0 aliphatic heterocycles.